The molecule has 0 spiro atoms. The van der Waals surface area contributed by atoms with E-state index in [2.05, 4.69) is 17.2 Å². The van der Waals surface area contributed by atoms with Crippen molar-refractivity contribution in [2.24, 2.45) is 0 Å². The number of nitrogens with zero attached hydrogens (tertiary/aromatic N) is 3. The molecule has 1 aliphatic rings. The van der Waals surface area contributed by atoms with Gasteiger partial charge in [0.25, 0.3) is 0 Å². The molecule has 0 aliphatic heterocycles. The molecular formula is C14H22F2N4OS. The van der Waals surface area contributed by atoms with Crippen molar-refractivity contribution in [2.45, 2.75) is 50.6 Å². The Morgan fingerprint density at radius 1 is 1.59 bits per heavy atom. The molecule has 1 aliphatic carbocycles. The first-order chi connectivity index (χ1) is 10.5. The van der Waals surface area contributed by atoms with E-state index in [0.717, 1.165) is 29.6 Å². The molecule has 5 nitrogen and oxygen atoms in total. The first-order valence-electron chi connectivity index (χ1n) is 7.44. The predicted octanol–water partition coefficient (Wildman–Crippen LogP) is 3.09. The van der Waals surface area contributed by atoms with Crippen LogP contribution in [0.4, 0.5) is 13.6 Å². The fourth-order valence-corrected chi connectivity index (χ4v) is 3.81. The van der Waals surface area contributed by atoms with E-state index >= 15 is 0 Å². The van der Waals surface area contributed by atoms with Crippen LogP contribution >= 0.6 is 11.8 Å². The Balaban J connectivity index is 1.84. The number of urea groups is 1. The number of nitrogens with one attached hydrogen (secondary N) is 1. The lowest BCUT2D eigenvalue weighted by Crippen LogP contribution is -2.42. The number of imidazole rings is 1. The standard InChI is InChI=1S/C14H22F2N4OS/c1-3-22-11-5-4-10(8-11)18-14(21)19(2)9-12-17-6-7-20(12)13(15)16/h6-7,10-11,13H,3-5,8-9H2,1-2H3,(H,18,21)/t10-,11-/m1/s1. The smallest absolute Gasteiger partial charge is 0.319 e. The molecule has 124 valence electrons. The number of amides is 2. The van der Waals surface area contributed by atoms with Gasteiger partial charge in [-0.1, -0.05) is 6.92 Å². The molecule has 2 atom stereocenters. The zero-order valence-corrected chi connectivity index (χ0v) is 13.7. The second kappa shape index (κ2) is 7.80. The SMILES string of the molecule is CCS[C@@H]1CC[C@@H](NC(=O)N(C)Cc2nccn2C(F)F)C1. The minimum Gasteiger partial charge on any atom is -0.335 e. The Morgan fingerprint density at radius 2 is 2.36 bits per heavy atom. The van der Waals surface area contributed by atoms with Crippen LogP contribution in [0.3, 0.4) is 0 Å². The van der Waals surface area contributed by atoms with Gasteiger partial charge in [-0.3, -0.25) is 4.57 Å². The van der Waals surface area contributed by atoms with Crippen molar-refractivity contribution in [3.8, 4) is 0 Å². The summed E-state index contributed by atoms with van der Waals surface area (Å²) >= 11 is 1.93. The monoisotopic (exact) mass is 332 g/mol. The number of thioether (sulfide) groups is 1. The van der Waals surface area contributed by atoms with Crippen molar-refractivity contribution in [3.63, 3.8) is 0 Å². The quantitative estimate of drug-likeness (QED) is 0.871. The van der Waals surface area contributed by atoms with Gasteiger partial charge in [0.1, 0.15) is 5.82 Å². The summed E-state index contributed by atoms with van der Waals surface area (Å²) in [5.74, 6) is 1.26. The van der Waals surface area contributed by atoms with Gasteiger partial charge in [-0.05, 0) is 25.0 Å². The molecule has 0 unspecified atom stereocenters. The summed E-state index contributed by atoms with van der Waals surface area (Å²) in [7, 11) is 1.59. The third kappa shape index (κ3) is 4.34. The van der Waals surface area contributed by atoms with Gasteiger partial charge in [0.2, 0.25) is 0 Å². The molecule has 1 aromatic rings. The summed E-state index contributed by atoms with van der Waals surface area (Å²) in [6.45, 7) is -0.450. The van der Waals surface area contributed by atoms with E-state index in [1.807, 2.05) is 11.8 Å². The van der Waals surface area contributed by atoms with E-state index in [1.165, 1.54) is 17.3 Å². The second-order valence-corrected chi connectivity index (χ2v) is 7.00. The largest absolute Gasteiger partial charge is 0.335 e. The Bertz CT molecular complexity index is 497. The predicted molar refractivity (Wildman–Crippen MR) is 83.0 cm³/mol. The number of hydrogen-bond donors (Lipinski definition) is 1. The maximum atomic E-state index is 12.8. The number of rotatable bonds is 6. The van der Waals surface area contributed by atoms with E-state index in [0.29, 0.717) is 5.25 Å². The molecule has 0 aromatic carbocycles. The lowest BCUT2D eigenvalue weighted by atomic mass is 10.2. The number of alkyl halides is 2. The molecule has 1 saturated carbocycles. The molecule has 1 aromatic heterocycles. The van der Waals surface area contributed by atoms with Crippen LogP contribution in [0.15, 0.2) is 12.4 Å². The Labute approximate surface area is 133 Å². The van der Waals surface area contributed by atoms with Crippen LogP contribution in [0, 0.1) is 0 Å². The van der Waals surface area contributed by atoms with Gasteiger partial charge in [0.15, 0.2) is 0 Å². The Kier molecular flexibility index (Phi) is 6.05. The highest BCUT2D eigenvalue weighted by Gasteiger charge is 2.27. The van der Waals surface area contributed by atoms with Crippen molar-refractivity contribution in [1.29, 1.82) is 0 Å². The van der Waals surface area contributed by atoms with Crippen LogP contribution < -0.4 is 5.32 Å². The molecule has 22 heavy (non-hydrogen) atoms. The van der Waals surface area contributed by atoms with E-state index in [9.17, 15) is 13.6 Å². The fourth-order valence-electron chi connectivity index (χ4n) is 2.67. The number of carbonyl (C=O) groups is 1. The fraction of sp³-hybridized carbons (Fsp3) is 0.714. The molecule has 0 bridgehead atoms. The van der Waals surface area contributed by atoms with Gasteiger partial charge in [-0.2, -0.15) is 20.5 Å². The van der Waals surface area contributed by atoms with Crippen molar-refractivity contribution in [3.05, 3.63) is 18.2 Å². The van der Waals surface area contributed by atoms with Crippen LogP contribution in [0.2, 0.25) is 0 Å². The lowest BCUT2D eigenvalue weighted by Gasteiger charge is -2.21. The van der Waals surface area contributed by atoms with Gasteiger partial charge in [-0.15, -0.1) is 0 Å². The summed E-state index contributed by atoms with van der Waals surface area (Å²) in [5.41, 5.74) is 0. The molecule has 0 radical (unpaired) electrons. The molecule has 8 heteroatoms. The van der Waals surface area contributed by atoms with Gasteiger partial charge in [0.05, 0.1) is 6.54 Å². The van der Waals surface area contributed by atoms with E-state index < -0.39 is 6.55 Å². The highest BCUT2D eigenvalue weighted by atomic mass is 32.2. The molecule has 1 N–H and O–H groups in total. The molecule has 2 rings (SSSR count). The van der Waals surface area contributed by atoms with Crippen molar-refractivity contribution >= 4 is 17.8 Å². The first-order valence-corrected chi connectivity index (χ1v) is 8.49. The number of aromatic nitrogens is 2. The van der Waals surface area contributed by atoms with Gasteiger partial charge in [-0.25, -0.2) is 9.78 Å². The van der Waals surface area contributed by atoms with Crippen LogP contribution in [0.1, 0.15) is 38.6 Å². The molecule has 1 fully saturated rings. The molecule has 1 heterocycles. The van der Waals surface area contributed by atoms with E-state index in [-0.39, 0.29) is 24.4 Å². The Hall–Kier alpha value is -1.31. The zero-order valence-electron chi connectivity index (χ0n) is 12.8. The summed E-state index contributed by atoms with van der Waals surface area (Å²) < 4.78 is 26.3. The Morgan fingerprint density at radius 3 is 3.05 bits per heavy atom. The maximum Gasteiger partial charge on any atom is 0.319 e. The molecule has 0 saturated heterocycles. The van der Waals surface area contributed by atoms with Gasteiger partial charge < -0.3 is 10.2 Å². The first kappa shape index (κ1) is 17.1. The minimum atomic E-state index is -2.64. The highest BCUT2D eigenvalue weighted by Crippen LogP contribution is 2.29. The summed E-state index contributed by atoms with van der Waals surface area (Å²) in [5, 5.41) is 3.59. The van der Waals surface area contributed by atoms with Crippen molar-refractivity contribution < 1.29 is 13.6 Å². The topological polar surface area (TPSA) is 50.2 Å². The van der Waals surface area contributed by atoms with Gasteiger partial charge >= 0.3 is 12.6 Å². The van der Waals surface area contributed by atoms with E-state index in [4.69, 9.17) is 0 Å². The summed E-state index contributed by atoms with van der Waals surface area (Å²) in [4.78, 5) is 17.4. The van der Waals surface area contributed by atoms with Gasteiger partial charge in [0, 0.05) is 30.7 Å². The zero-order chi connectivity index (χ0) is 16.1. The summed E-state index contributed by atoms with van der Waals surface area (Å²) in [6, 6.07) is -0.0650. The molecule has 2 amide bonds. The van der Waals surface area contributed by atoms with Crippen molar-refractivity contribution in [1.82, 2.24) is 19.8 Å². The molecular weight excluding hydrogens is 310 g/mol. The lowest BCUT2D eigenvalue weighted by molar-refractivity contribution is 0.0650. The third-order valence-electron chi connectivity index (χ3n) is 3.80. The number of hydrogen-bond acceptors (Lipinski definition) is 3. The van der Waals surface area contributed by atoms with Crippen LogP contribution in [-0.2, 0) is 6.54 Å². The normalized spacial score (nSPS) is 21.3. The third-order valence-corrected chi connectivity index (χ3v) is 5.03. The number of halogens is 2. The minimum absolute atomic E-state index is 0.0586. The van der Waals surface area contributed by atoms with Crippen LogP contribution in [0.5, 0.6) is 0 Å². The van der Waals surface area contributed by atoms with Crippen LogP contribution in [0.25, 0.3) is 0 Å². The van der Waals surface area contributed by atoms with Crippen molar-refractivity contribution in [2.75, 3.05) is 12.8 Å². The van der Waals surface area contributed by atoms with E-state index in [1.54, 1.807) is 7.05 Å². The highest BCUT2D eigenvalue weighted by molar-refractivity contribution is 7.99. The average Bonchev–Trinajstić information content (AvgIpc) is 3.08. The average molecular weight is 332 g/mol. The number of carbonyl (C=O) groups excluding carboxylic acids is 1. The maximum absolute atomic E-state index is 12.8. The summed E-state index contributed by atoms with van der Waals surface area (Å²) in [6.07, 6.45) is 5.60. The van der Waals surface area contributed by atoms with Crippen LogP contribution in [-0.4, -0.2) is 44.6 Å². The second-order valence-electron chi connectivity index (χ2n) is 5.42.